The lowest BCUT2D eigenvalue weighted by molar-refractivity contribution is 0.879. The van der Waals surface area contributed by atoms with Crippen molar-refractivity contribution in [3.05, 3.63) is 77.6 Å². The quantitative estimate of drug-likeness (QED) is 0.778. The summed E-state index contributed by atoms with van der Waals surface area (Å²) in [6.45, 7) is 5.09. The molecular weight excluding hydrogens is 258 g/mol. The van der Waals surface area contributed by atoms with E-state index in [0.29, 0.717) is 0 Å². The zero-order chi connectivity index (χ0) is 14.7. The molecule has 21 heavy (non-hydrogen) atoms. The van der Waals surface area contributed by atoms with Crippen molar-refractivity contribution in [3.8, 4) is 5.69 Å². The molecule has 1 N–H and O–H groups in total. The van der Waals surface area contributed by atoms with Gasteiger partial charge in [0.15, 0.2) is 0 Å². The van der Waals surface area contributed by atoms with E-state index in [1.165, 1.54) is 16.7 Å². The van der Waals surface area contributed by atoms with E-state index in [1.807, 2.05) is 29.1 Å². The molecule has 0 saturated carbocycles. The monoisotopic (exact) mass is 277 g/mol. The van der Waals surface area contributed by atoms with Gasteiger partial charge < -0.3 is 5.32 Å². The van der Waals surface area contributed by atoms with E-state index in [0.717, 1.165) is 17.9 Å². The molecule has 2 aromatic carbocycles. The Morgan fingerprint density at radius 2 is 1.90 bits per heavy atom. The van der Waals surface area contributed by atoms with Crippen molar-refractivity contribution in [1.82, 2.24) is 9.78 Å². The molecule has 0 aliphatic heterocycles. The van der Waals surface area contributed by atoms with E-state index < -0.39 is 0 Å². The van der Waals surface area contributed by atoms with Crippen LogP contribution in [-0.2, 0) is 6.54 Å². The van der Waals surface area contributed by atoms with Crippen LogP contribution < -0.4 is 5.32 Å². The van der Waals surface area contributed by atoms with E-state index in [1.54, 1.807) is 6.20 Å². The minimum Gasteiger partial charge on any atom is -0.379 e. The van der Waals surface area contributed by atoms with Gasteiger partial charge in [-0.25, -0.2) is 4.68 Å². The fraction of sp³-hybridized carbons (Fsp3) is 0.167. The van der Waals surface area contributed by atoms with E-state index in [4.69, 9.17) is 0 Å². The number of anilines is 1. The van der Waals surface area contributed by atoms with E-state index in [2.05, 4.69) is 54.6 Å². The molecule has 0 aliphatic carbocycles. The molecule has 0 spiro atoms. The first kappa shape index (κ1) is 13.4. The maximum absolute atomic E-state index is 4.31. The summed E-state index contributed by atoms with van der Waals surface area (Å²) in [5.74, 6) is 0. The van der Waals surface area contributed by atoms with Crippen LogP contribution in [0.5, 0.6) is 0 Å². The third kappa shape index (κ3) is 2.97. The molecule has 3 aromatic rings. The molecule has 3 nitrogen and oxygen atoms in total. The lowest BCUT2D eigenvalue weighted by Gasteiger charge is -2.13. The second-order valence-corrected chi connectivity index (χ2v) is 5.25. The molecule has 1 aromatic heterocycles. The Balaban J connectivity index is 1.84. The predicted octanol–water partition coefficient (Wildman–Crippen LogP) is 4.10. The number of aryl methyl sites for hydroxylation is 2. The molecule has 3 heteroatoms. The van der Waals surface area contributed by atoms with Gasteiger partial charge in [0.1, 0.15) is 0 Å². The van der Waals surface area contributed by atoms with Gasteiger partial charge in [-0.2, -0.15) is 5.10 Å². The lowest BCUT2D eigenvalue weighted by atomic mass is 10.1. The fourth-order valence-corrected chi connectivity index (χ4v) is 2.42. The first-order valence-corrected chi connectivity index (χ1v) is 7.13. The standard InChI is InChI=1S/C18H19N3/c1-14-8-9-15(2)16(12-14)13-19-17-6-3-4-7-18(17)21-11-5-10-20-21/h3-12,19H,13H2,1-2H3. The summed E-state index contributed by atoms with van der Waals surface area (Å²) in [6, 6.07) is 16.7. The van der Waals surface area contributed by atoms with Crippen LogP contribution in [-0.4, -0.2) is 9.78 Å². The minimum absolute atomic E-state index is 0.811. The zero-order valence-electron chi connectivity index (χ0n) is 12.4. The van der Waals surface area contributed by atoms with E-state index in [-0.39, 0.29) is 0 Å². The van der Waals surface area contributed by atoms with E-state index in [9.17, 15) is 0 Å². The van der Waals surface area contributed by atoms with Crippen molar-refractivity contribution in [2.24, 2.45) is 0 Å². The molecule has 0 bridgehead atoms. The fourth-order valence-electron chi connectivity index (χ4n) is 2.42. The molecule has 0 amide bonds. The summed E-state index contributed by atoms with van der Waals surface area (Å²) >= 11 is 0. The second kappa shape index (κ2) is 5.83. The van der Waals surface area contributed by atoms with Crippen LogP contribution >= 0.6 is 0 Å². The highest BCUT2D eigenvalue weighted by molar-refractivity contribution is 5.60. The van der Waals surface area contributed by atoms with E-state index >= 15 is 0 Å². The summed E-state index contributed by atoms with van der Waals surface area (Å²) < 4.78 is 1.88. The molecule has 3 rings (SSSR count). The van der Waals surface area contributed by atoms with Crippen LogP contribution in [0.25, 0.3) is 5.69 Å². The minimum atomic E-state index is 0.811. The number of para-hydroxylation sites is 2. The number of benzene rings is 2. The molecule has 106 valence electrons. The highest BCUT2D eigenvalue weighted by atomic mass is 15.3. The third-order valence-corrected chi connectivity index (χ3v) is 3.63. The van der Waals surface area contributed by atoms with Crippen molar-refractivity contribution < 1.29 is 0 Å². The molecular formula is C18H19N3. The number of hydrogen-bond acceptors (Lipinski definition) is 2. The van der Waals surface area contributed by atoms with Gasteiger partial charge in [-0.3, -0.25) is 0 Å². The van der Waals surface area contributed by atoms with Crippen LogP contribution in [0.4, 0.5) is 5.69 Å². The number of hydrogen-bond donors (Lipinski definition) is 1. The Morgan fingerprint density at radius 1 is 1.05 bits per heavy atom. The zero-order valence-corrected chi connectivity index (χ0v) is 12.4. The van der Waals surface area contributed by atoms with Gasteiger partial charge in [-0.1, -0.05) is 35.9 Å². The Morgan fingerprint density at radius 3 is 2.71 bits per heavy atom. The summed E-state index contributed by atoms with van der Waals surface area (Å²) in [6.07, 6.45) is 3.75. The molecule has 0 unspecified atom stereocenters. The van der Waals surface area contributed by atoms with Crippen LogP contribution in [0, 0.1) is 13.8 Å². The van der Waals surface area contributed by atoms with Crippen molar-refractivity contribution in [2.75, 3.05) is 5.32 Å². The average molecular weight is 277 g/mol. The summed E-state index contributed by atoms with van der Waals surface area (Å²) in [7, 11) is 0. The van der Waals surface area contributed by atoms with Gasteiger partial charge in [0.25, 0.3) is 0 Å². The maximum Gasteiger partial charge on any atom is 0.0876 e. The SMILES string of the molecule is Cc1ccc(C)c(CNc2ccccc2-n2cccn2)c1. The molecule has 0 fully saturated rings. The molecule has 0 atom stereocenters. The van der Waals surface area contributed by atoms with Gasteiger partial charge in [0, 0.05) is 18.9 Å². The highest BCUT2D eigenvalue weighted by Crippen LogP contribution is 2.20. The van der Waals surface area contributed by atoms with Crippen LogP contribution in [0.2, 0.25) is 0 Å². The third-order valence-electron chi connectivity index (χ3n) is 3.63. The maximum atomic E-state index is 4.31. The van der Waals surface area contributed by atoms with Gasteiger partial charge in [0.2, 0.25) is 0 Å². The first-order valence-electron chi connectivity index (χ1n) is 7.13. The van der Waals surface area contributed by atoms with Crippen molar-refractivity contribution in [3.63, 3.8) is 0 Å². The molecule has 0 radical (unpaired) electrons. The molecule has 0 aliphatic rings. The van der Waals surface area contributed by atoms with Crippen molar-refractivity contribution in [1.29, 1.82) is 0 Å². The Bertz CT molecular complexity index is 730. The van der Waals surface area contributed by atoms with Crippen molar-refractivity contribution >= 4 is 5.69 Å². The normalized spacial score (nSPS) is 10.6. The van der Waals surface area contributed by atoms with Gasteiger partial charge in [0.05, 0.1) is 11.4 Å². The smallest absolute Gasteiger partial charge is 0.0876 e. The van der Waals surface area contributed by atoms with Crippen LogP contribution in [0.1, 0.15) is 16.7 Å². The summed E-state index contributed by atoms with van der Waals surface area (Å²) in [4.78, 5) is 0. The second-order valence-electron chi connectivity index (χ2n) is 5.25. The topological polar surface area (TPSA) is 29.9 Å². The highest BCUT2D eigenvalue weighted by Gasteiger charge is 2.05. The largest absolute Gasteiger partial charge is 0.379 e. The number of nitrogens with zero attached hydrogens (tertiary/aromatic N) is 2. The summed E-state index contributed by atoms with van der Waals surface area (Å²) in [5, 5.41) is 7.84. The van der Waals surface area contributed by atoms with Crippen molar-refractivity contribution in [2.45, 2.75) is 20.4 Å². The Kier molecular flexibility index (Phi) is 3.73. The Labute approximate surface area is 125 Å². The lowest BCUT2D eigenvalue weighted by Crippen LogP contribution is -2.06. The number of rotatable bonds is 4. The van der Waals surface area contributed by atoms with Gasteiger partial charge in [-0.15, -0.1) is 0 Å². The number of nitrogens with one attached hydrogen (secondary N) is 1. The Hall–Kier alpha value is -2.55. The van der Waals surface area contributed by atoms with Gasteiger partial charge >= 0.3 is 0 Å². The van der Waals surface area contributed by atoms with Gasteiger partial charge in [-0.05, 0) is 43.2 Å². The first-order chi connectivity index (χ1) is 10.2. The predicted molar refractivity (Wildman–Crippen MR) is 86.8 cm³/mol. The summed E-state index contributed by atoms with van der Waals surface area (Å²) in [5.41, 5.74) is 6.07. The molecule has 1 heterocycles. The average Bonchev–Trinajstić information content (AvgIpc) is 3.03. The van der Waals surface area contributed by atoms with Crippen LogP contribution in [0.15, 0.2) is 60.9 Å². The van der Waals surface area contributed by atoms with Crippen LogP contribution in [0.3, 0.4) is 0 Å². The number of aromatic nitrogens is 2. The molecule has 0 saturated heterocycles.